The largest absolute Gasteiger partial charge is 0.497 e. The lowest BCUT2D eigenvalue weighted by Crippen LogP contribution is -2.48. The monoisotopic (exact) mass is 289 g/mol. The average molecular weight is 290 g/mol. The molecule has 3 rings (SSSR count). The van der Waals surface area contributed by atoms with E-state index in [1.165, 1.54) is 0 Å². The van der Waals surface area contributed by atoms with Crippen molar-refractivity contribution in [3.8, 4) is 5.75 Å². The third kappa shape index (κ3) is 2.18. The molecule has 4 nitrogen and oxygen atoms in total. The van der Waals surface area contributed by atoms with E-state index in [9.17, 15) is 4.79 Å². The fraction of sp³-hybridized carbons (Fsp3) is 0.133. The summed E-state index contributed by atoms with van der Waals surface area (Å²) in [5, 5.41) is 0.628. The molecule has 1 aliphatic rings. The number of nitrogens with zero attached hydrogens (tertiary/aromatic N) is 1. The highest BCUT2D eigenvalue weighted by Gasteiger charge is 2.40. The molecule has 2 aromatic rings. The molecule has 1 amide bonds. The molecule has 1 saturated heterocycles. The molecule has 0 aliphatic carbocycles. The topological polar surface area (TPSA) is 38.8 Å². The summed E-state index contributed by atoms with van der Waals surface area (Å²) < 4.78 is 10.3. The summed E-state index contributed by atoms with van der Waals surface area (Å²) in [7, 11) is 1.61. The third-order valence-corrected chi connectivity index (χ3v) is 3.40. The summed E-state index contributed by atoms with van der Waals surface area (Å²) in [6.45, 7) is 0. The van der Waals surface area contributed by atoms with Gasteiger partial charge in [-0.25, -0.2) is 9.69 Å². The van der Waals surface area contributed by atoms with E-state index in [-0.39, 0.29) is 6.09 Å². The summed E-state index contributed by atoms with van der Waals surface area (Å²) in [4.78, 5) is 13.3. The van der Waals surface area contributed by atoms with Gasteiger partial charge in [0.2, 0.25) is 6.23 Å². The van der Waals surface area contributed by atoms with Gasteiger partial charge >= 0.3 is 6.09 Å². The second-order valence-electron chi connectivity index (χ2n) is 4.36. The Balaban J connectivity index is 1.86. The highest BCUT2D eigenvalue weighted by atomic mass is 35.5. The summed E-state index contributed by atoms with van der Waals surface area (Å²) in [6, 6.07) is 14.5. The Morgan fingerprint density at radius 2 is 1.75 bits per heavy atom. The molecule has 0 aromatic heterocycles. The van der Waals surface area contributed by atoms with Crippen molar-refractivity contribution < 1.29 is 14.3 Å². The number of amides is 1. The molecule has 0 N–H and O–H groups in total. The van der Waals surface area contributed by atoms with Gasteiger partial charge < -0.3 is 9.47 Å². The first-order valence-corrected chi connectivity index (χ1v) is 6.46. The van der Waals surface area contributed by atoms with E-state index < -0.39 is 6.23 Å². The van der Waals surface area contributed by atoms with Gasteiger partial charge in [-0.3, -0.25) is 0 Å². The Morgan fingerprint density at radius 3 is 2.30 bits per heavy atom. The van der Waals surface area contributed by atoms with E-state index in [0.717, 1.165) is 17.0 Å². The molecule has 0 radical (unpaired) electrons. The van der Waals surface area contributed by atoms with Gasteiger partial charge in [-0.15, -0.1) is 0 Å². The molecule has 20 heavy (non-hydrogen) atoms. The quantitative estimate of drug-likeness (QED) is 0.857. The Hall–Kier alpha value is -2.20. The predicted molar refractivity (Wildman–Crippen MR) is 76.1 cm³/mol. The van der Waals surface area contributed by atoms with Gasteiger partial charge in [0.15, 0.2) is 0 Å². The zero-order valence-electron chi connectivity index (χ0n) is 10.7. The average Bonchev–Trinajstić information content (AvgIpc) is 2.47. The molecule has 0 bridgehead atoms. The Morgan fingerprint density at radius 1 is 1.10 bits per heavy atom. The lowest BCUT2D eigenvalue weighted by atomic mass is 10.1. The minimum absolute atomic E-state index is 0.367. The lowest BCUT2D eigenvalue weighted by molar-refractivity contribution is 0.0430. The van der Waals surface area contributed by atoms with E-state index in [1.54, 1.807) is 36.3 Å². The summed E-state index contributed by atoms with van der Waals surface area (Å²) in [5.74, 6) is 0.762. The predicted octanol–water partition coefficient (Wildman–Crippen LogP) is 4.00. The van der Waals surface area contributed by atoms with Crippen LogP contribution in [-0.4, -0.2) is 13.2 Å². The number of carbonyl (C=O) groups excluding carboxylic acids is 1. The van der Waals surface area contributed by atoms with Gasteiger partial charge in [0.05, 0.1) is 12.8 Å². The SMILES string of the molecule is COc1ccc(C2OC(=O)N2c2ccc(Cl)cc2)cc1. The number of carbonyl (C=O) groups is 1. The van der Waals surface area contributed by atoms with Crippen molar-refractivity contribution in [3.05, 3.63) is 59.1 Å². The van der Waals surface area contributed by atoms with Crippen LogP contribution in [-0.2, 0) is 4.74 Å². The van der Waals surface area contributed by atoms with Crippen LogP contribution < -0.4 is 9.64 Å². The zero-order valence-corrected chi connectivity index (χ0v) is 11.5. The van der Waals surface area contributed by atoms with Crippen LogP contribution in [0.2, 0.25) is 5.02 Å². The molecule has 2 aromatic carbocycles. The highest BCUT2D eigenvalue weighted by Crippen LogP contribution is 2.37. The van der Waals surface area contributed by atoms with Crippen molar-refractivity contribution in [2.45, 2.75) is 6.23 Å². The molecular formula is C15H12ClNO3. The standard InChI is InChI=1S/C15H12ClNO3/c1-19-13-8-2-10(3-9-13)14-17(15(18)20-14)12-6-4-11(16)5-7-12/h2-9,14H,1H3. The smallest absolute Gasteiger partial charge is 0.419 e. The first-order valence-electron chi connectivity index (χ1n) is 6.08. The Kier molecular flexibility index (Phi) is 3.24. The maximum Gasteiger partial charge on any atom is 0.419 e. The molecular weight excluding hydrogens is 278 g/mol. The Bertz CT molecular complexity index is 625. The number of ether oxygens (including phenoxy) is 2. The number of halogens is 1. The van der Waals surface area contributed by atoms with Crippen molar-refractivity contribution in [2.75, 3.05) is 12.0 Å². The third-order valence-electron chi connectivity index (χ3n) is 3.15. The van der Waals surface area contributed by atoms with Crippen LogP contribution in [0.15, 0.2) is 48.5 Å². The second-order valence-corrected chi connectivity index (χ2v) is 4.79. The van der Waals surface area contributed by atoms with Gasteiger partial charge in [-0.2, -0.15) is 0 Å². The first-order chi connectivity index (χ1) is 9.69. The van der Waals surface area contributed by atoms with Crippen molar-refractivity contribution >= 4 is 23.4 Å². The number of cyclic esters (lactones) is 1. The van der Waals surface area contributed by atoms with Crippen LogP contribution in [0.5, 0.6) is 5.75 Å². The maximum absolute atomic E-state index is 11.7. The van der Waals surface area contributed by atoms with Gasteiger partial charge in [-0.1, -0.05) is 11.6 Å². The maximum atomic E-state index is 11.7. The van der Waals surface area contributed by atoms with Crippen LogP contribution in [0.25, 0.3) is 0 Å². The normalized spacial score (nSPS) is 17.4. The second kappa shape index (κ2) is 5.06. The van der Waals surface area contributed by atoms with Crippen LogP contribution in [0.4, 0.5) is 10.5 Å². The Labute approximate surface area is 121 Å². The van der Waals surface area contributed by atoms with Crippen LogP contribution in [0.3, 0.4) is 0 Å². The molecule has 0 saturated carbocycles. The van der Waals surface area contributed by atoms with Crippen LogP contribution in [0.1, 0.15) is 11.8 Å². The molecule has 1 fully saturated rings. The fourth-order valence-electron chi connectivity index (χ4n) is 2.08. The van der Waals surface area contributed by atoms with Gasteiger partial charge in [-0.05, 0) is 48.5 Å². The number of hydrogen-bond acceptors (Lipinski definition) is 3. The van der Waals surface area contributed by atoms with Crippen molar-refractivity contribution in [2.24, 2.45) is 0 Å². The van der Waals surface area contributed by atoms with Crippen molar-refractivity contribution in [1.29, 1.82) is 0 Å². The van der Waals surface area contributed by atoms with Crippen molar-refractivity contribution in [3.63, 3.8) is 0 Å². The van der Waals surface area contributed by atoms with E-state index in [0.29, 0.717) is 5.02 Å². The van der Waals surface area contributed by atoms with E-state index in [1.807, 2.05) is 24.3 Å². The molecule has 1 unspecified atom stereocenters. The zero-order chi connectivity index (χ0) is 14.1. The van der Waals surface area contributed by atoms with Crippen molar-refractivity contribution in [1.82, 2.24) is 0 Å². The number of hydrogen-bond donors (Lipinski definition) is 0. The molecule has 1 heterocycles. The number of anilines is 1. The summed E-state index contributed by atoms with van der Waals surface area (Å²) in [6.07, 6.45) is -0.775. The molecule has 1 atom stereocenters. The van der Waals surface area contributed by atoms with Crippen LogP contribution in [0, 0.1) is 0 Å². The fourth-order valence-corrected chi connectivity index (χ4v) is 2.21. The number of methoxy groups -OCH3 is 1. The molecule has 0 spiro atoms. The highest BCUT2D eigenvalue weighted by molar-refractivity contribution is 6.30. The first kappa shape index (κ1) is 12.8. The number of benzene rings is 2. The lowest BCUT2D eigenvalue weighted by Gasteiger charge is -2.39. The molecule has 5 heteroatoms. The van der Waals surface area contributed by atoms with Crippen LogP contribution >= 0.6 is 11.6 Å². The molecule has 1 aliphatic heterocycles. The van der Waals surface area contributed by atoms with E-state index in [2.05, 4.69) is 0 Å². The molecule has 102 valence electrons. The minimum atomic E-state index is -0.408. The summed E-state index contributed by atoms with van der Waals surface area (Å²) in [5.41, 5.74) is 1.65. The minimum Gasteiger partial charge on any atom is -0.497 e. The van der Waals surface area contributed by atoms with E-state index in [4.69, 9.17) is 21.1 Å². The van der Waals surface area contributed by atoms with E-state index >= 15 is 0 Å². The number of rotatable bonds is 3. The summed E-state index contributed by atoms with van der Waals surface area (Å²) >= 11 is 5.85. The van der Waals surface area contributed by atoms with Gasteiger partial charge in [0, 0.05) is 10.6 Å². The van der Waals surface area contributed by atoms with Gasteiger partial charge in [0.25, 0.3) is 0 Å². The van der Waals surface area contributed by atoms with Gasteiger partial charge in [0.1, 0.15) is 5.75 Å².